The fourth-order valence-electron chi connectivity index (χ4n) is 3.71. The summed E-state index contributed by atoms with van der Waals surface area (Å²) in [5, 5.41) is 6.81. The van der Waals surface area contributed by atoms with Crippen LogP contribution in [0.5, 0.6) is 0 Å². The van der Waals surface area contributed by atoms with Gasteiger partial charge in [0, 0.05) is 39.3 Å². The Kier molecular flexibility index (Phi) is 7.11. The molecule has 0 unspecified atom stereocenters. The van der Waals surface area contributed by atoms with E-state index in [1.54, 1.807) is 26.0 Å². The molecule has 0 radical (unpaired) electrons. The molecule has 0 spiro atoms. The van der Waals surface area contributed by atoms with Gasteiger partial charge in [0.2, 0.25) is 10.0 Å². The first-order chi connectivity index (χ1) is 14.8. The number of aryl methyl sites for hydroxylation is 1. The SMILES string of the molecule is CCN(CC)S(=O)(=O)c1ccc(N2CCCCC2)c(NC(=O)c2ccc(=O)n(C)n2)c1. The highest BCUT2D eigenvalue weighted by molar-refractivity contribution is 7.89. The van der Waals surface area contributed by atoms with Gasteiger partial charge in [-0.15, -0.1) is 0 Å². The van der Waals surface area contributed by atoms with Crippen molar-refractivity contribution in [2.75, 3.05) is 36.4 Å². The zero-order valence-corrected chi connectivity index (χ0v) is 19.0. The van der Waals surface area contributed by atoms with E-state index in [0.717, 1.165) is 42.7 Å². The first-order valence-electron chi connectivity index (χ1n) is 10.5. The molecular formula is C21H29N5O4S. The first-order valence-corrected chi connectivity index (χ1v) is 12.0. The van der Waals surface area contributed by atoms with Crippen LogP contribution < -0.4 is 15.8 Å². The van der Waals surface area contributed by atoms with Crippen molar-refractivity contribution >= 4 is 27.3 Å². The summed E-state index contributed by atoms with van der Waals surface area (Å²) < 4.78 is 28.5. The minimum Gasteiger partial charge on any atom is -0.370 e. The summed E-state index contributed by atoms with van der Waals surface area (Å²) in [5.74, 6) is -0.508. The highest BCUT2D eigenvalue weighted by Crippen LogP contribution is 2.32. The van der Waals surface area contributed by atoms with E-state index in [-0.39, 0.29) is 16.1 Å². The third-order valence-corrected chi connectivity index (χ3v) is 7.50. The van der Waals surface area contributed by atoms with E-state index >= 15 is 0 Å². The van der Waals surface area contributed by atoms with Gasteiger partial charge >= 0.3 is 0 Å². The fourth-order valence-corrected chi connectivity index (χ4v) is 5.19. The summed E-state index contributed by atoms with van der Waals surface area (Å²) in [6, 6.07) is 7.49. The Balaban J connectivity index is 2.02. The number of hydrogen-bond acceptors (Lipinski definition) is 6. The number of rotatable bonds is 7. The molecule has 168 valence electrons. The molecule has 1 aromatic heterocycles. The second-order valence-corrected chi connectivity index (χ2v) is 9.39. The van der Waals surface area contributed by atoms with Gasteiger partial charge in [-0.05, 0) is 43.5 Å². The lowest BCUT2D eigenvalue weighted by atomic mass is 10.1. The Morgan fingerprint density at radius 1 is 1.10 bits per heavy atom. The van der Waals surface area contributed by atoms with Gasteiger partial charge in [0.15, 0.2) is 0 Å². The van der Waals surface area contributed by atoms with E-state index < -0.39 is 15.9 Å². The van der Waals surface area contributed by atoms with Gasteiger partial charge in [0.05, 0.1) is 16.3 Å². The molecule has 1 aliphatic heterocycles. The molecule has 0 atom stereocenters. The average molecular weight is 448 g/mol. The summed E-state index contributed by atoms with van der Waals surface area (Å²) in [5.41, 5.74) is 0.939. The van der Waals surface area contributed by atoms with Gasteiger partial charge in [0.25, 0.3) is 11.5 Å². The van der Waals surface area contributed by atoms with Crippen molar-refractivity contribution in [1.29, 1.82) is 0 Å². The molecule has 1 N–H and O–H groups in total. The van der Waals surface area contributed by atoms with Gasteiger partial charge in [-0.3, -0.25) is 9.59 Å². The van der Waals surface area contributed by atoms with Crippen molar-refractivity contribution in [2.45, 2.75) is 38.0 Å². The maximum atomic E-state index is 13.0. The lowest BCUT2D eigenvalue weighted by molar-refractivity contribution is 0.102. The third-order valence-electron chi connectivity index (χ3n) is 5.45. The molecule has 0 saturated carbocycles. The second-order valence-electron chi connectivity index (χ2n) is 7.45. The van der Waals surface area contributed by atoms with Crippen molar-refractivity contribution in [3.8, 4) is 0 Å². The number of sulfonamides is 1. The van der Waals surface area contributed by atoms with Gasteiger partial charge in [-0.2, -0.15) is 9.40 Å². The molecule has 2 heterocycles. The van der Waals surface area contributed by atoms with E-state index in [9.17, 15) is 18.0 Å². The number of benzene rings is 1. The number of piperidine rings is 1. The predicted octanol–water partition coefficient (Wildman–Crippen LogP) is 2.05. The second kappa shape index (κ2) is 9.61. The normalized spacial score (nSPS) is 14.6. The van der Waals surface area contributed by atoms with Crippen LogP contribution in [0, 0.1) is 0 Å². The molecule has 31 heavy (non-hydrogen) atoms. The molecule has 1 aromatic carbocycles. The van der Waals surface area contributed by atoms with E-state index in [1.165, 1.54) is 29.6 Å². The van der Waals surface area contributed by atoms with E-state index in [0.29, 0.717) is 18.8 Å². The van der Waals surface area contributed by atoms with E-state index in [1.807, 2.05) is 0 Å². The molecule has 0 aliphatic carbocycles. The molecule has 1 fully saturated rings. The van der Waals surface area contributed by atoms with E-state index in [4.69, 9.17) is 0 Å². The number of anilines is 2. The monoisotopic (exact) mass is 447 g/mol. The minimum absolute atomic E-state index is 0.0729. The smallest absolute Gasteiger partial charge is 0.276 e. The Morgan fingerprint density at radius 3 is 2.39 bits per heavy atom. The maximum absolute atomic E-state index is 13.0. The van der Waals surface area contributed by atoms with E-state index in [2.05, 4.69) is 15.3 Å². The van der Waals surface area contributed by atoms with Gasteiger partial charge in [-0.25, -0.2) is 13.1 Å². The first kappa shape index (κ1) is 23.0. The third kappa shape index (κ3) is 4.96. The summed E-state index contributed by atoms with van der Waals surface area (Å²) in [6.45, 7) is 5.97. The summed E-state index contributed by atoms with van der Waals surface area (Å²) in [7, 11) is -2.21. The molecule has 1 amide bonds. The number of carbonyl (C=O) groups is 1. The summed E-state index contributed by atoms with van der Waals surface area (Å²) in [4.78, 5) is 26.7. The summed E-state index contributed by atoms with van der Waals surface area (Å²) >= 11 is 0. The number of carbonyl (C=O) groups excluding carboxylic acids is 1. The minimum atomic E-state index is -3.68. The largest absolute Gasteiger partial charge is 0.370 e. The van der Waals surface area contributed by atoms with Crippen molar-refractivity contribution in [1.82, 2.24) is 14.1 Å². The number of hydrogen-bond donors (Lipinski definition) is 1. The van der Waals surface area contributed by atoms with Gasteiger partial charge in [-0.1, -0.05) is 13.8 Å². The van der Waals surface area contributed by atoms with Crippen molar-refractivity contribution in [3.63, 3.8) is 0 Å². The van der Waals surface area contributed by atoms with Gasteiger partial charge in [0.1, 0.15) is 5.69 Å². The van der Waals surface area contributed by atoms with Crippen molar-refractivity contribution in [2.24, 2.45) is 7.05 Å². The molecule has 1 aliphatic rings. The van der Waals surface area contributed by atoms with Crippen LogP contribution in [0.2, 0.25) is 0 Å². The highest BCUT2D eigenvalue weighted by Gasteiger charge is 2.25. The highest BCUT2D eigenvalue weighted by atomic mass is 32.2. The standard InChI is InChI=1S/C21H29N5O4S/c1-4-26(5-2)31(29,30)16-9-11-19(25-13-7-6-8-14-25)18(15-16)22-21(28)17-10-12-20(27)24(3)23-17/h9-12,15H,4-8,13-14H2,1-3H3,(H,22,28). The van der Waals surface area contributed by atoms with Gasteiger partial charge < -0.3 is 10.2 Å². The van der Waals surface area contributed by atoms with Crippen LogP contribution in [0.1, 0.15) is 43.6 Å². The van der Waals surface area contributed by atoms with Crippen LogP contribution in [0.3, 0.4) is 0 Å². The lowest BCUT2D eigenvalue weighted by Crippen LogP contribution is -2.32. The van der Waals surface area contributed by atoms with Crippen molar-refractivity contribution < 1.29 is 13.2 Å². The fraction of sp³-hybridized carbons (Fsp3) is 0.476. The number of amides is 1. The molecule has 1 saturated heterocycles. The summed E-state index contributed by atoms with van der Waals surface area (Å²) in [6.07, 6.45) is 3.22. The molecule has 9 nitrogen and oxygen atoms in total. The number of nitrogens with zero attached hydrogens (tertiary/aromatic N) is 4. The Bertz CT molecular complexity index is 1100. The van der Waals surface area contributed by atoms with Crippen LogP contribution in [-0.2, 0) is 17.1 Å². The van der Waals surface area contributed by atoms with Crippen molar-refractivity contribution in [3.05, 3.63) is 46.4 Å². The molecular weight excluding hydrogens is 418 g/mol. The predicted molar refractivity (Wildman–Crippen MR) is 120 cm³/mol. The Hall–Kier alpha value is -2.72. The quantitative estimate of drug-likeness (QED) is 0.697. The number of nitrogens with one attached hydrogen (secondary N) is 1. The molecule has 3 rings (SSSR count). The topological polar surface area (TPSA) is 105 Å². The Morgan fingerprint density at radius 2 is 1.77 bits per heavy atom. The lowest BCUT2D eigenvalue weighted by Gasteiger charge is -2.31. The zero-order chi connectivity index (χ0) is 22.6. The maximum Gasteiger partial charge on any atom is 0.276 e. The molecule has 2 aromatic rings. The van der Waals surface area contributed by atoms with Crippen LogP contribution in [0.15, 0.2) is 40.0 Å². The number of aromatic nitrogens is 2. The van der Waals surface area contributed by atoms with Crippen LogP contribution in [0.4, 0.5) is 11.4 Å². The Labute approximate surface area is 182 Å². The average Bonchev–Trinajstić information content (AvgIpc) is 2.76. The van der Waals surface area contributed by atoms with Crippen LogP contribution in [0.25, 0.3) is 0 Å². The van der Waals surface area contributed by atoms with Crippen LogP contribution in [-0.4, -0.2) is 54.6 Å². The zero-order valence-electron chi connectivity index (χ0n) is 18.2. The van der Waals surface area contributed by atoms with Crippen LogP contribution >= 0.6 is 0 Å². The molecule has 10 heteroatoms. The molecule has 0 bridgehead atoms.